The lowest BCUT2D eigenvalue weighted by Gasteiger charge is -2.21. The summed E-state index contributed by atoms with van der Waals surface area (Å²) < 4.78 is 32.9. The lowest BCUT2D eigenvalue weighted by Crippen LogP contribution is -2.33. The zero-order valence-electron chi connectivity index (χ0n) is 5.92. The van der Waals surface area contributed by atoms with Crippen molar-refractivity contribution >= 4 is 5.97 Å². The second-order valence-corrected chi connectivity index (χ2v) is 2.06. The van der Waals surface area contributed by atoms with E-state index in [2.05, 4.69) is 9.47 Å². The first-order chi connectivity index (χ1) is 5.63. The zero-order valence-corrected chi connectivity index (χ0v) is 5.92. The van der Waals surface area contributed by atoms with Crippen molar-refractivity contribution in [2.45, 2.75) is 6.10 Å². The number of carboxylic acid groups (broad SMARTS) is 1. The smallest absolute Gasteiger partial charge is 0.341 e. The van der Waals surface area contributed by atoms with Gasteiger partial charge in [0.05, 0.1) is 6.61 Å². The van der Waals surface area contributed by atoms with Gasteiger partial charge in [0.25, 0.3) is 0 Å². The van der Waals surface area contributed by atoms with Crippen LogP contribution < -0.4 is 0 Å². The minimum absolute atomic E-state index is 0.00769. The molecule has 0 aliphatic carbocycles. The minimum Gasteiger partial charge on any atom is -0.487 e. The summed E-state index contributed by atoms with van der Waals surface area (Å²) in [6, 6.07) is 0. The van der Waals surface area contributed by atoms with Gasteiger partial charge in [-0.25, -0.2) is 4.79 Å². The lowest BCUT2D eigenvalue weighted by atomic mass is 10.3. The van der Waals surface area contributed by atoms with Gasteiger partial charge < -0.3 is 14.6 Å². The number of ether oxygens (including phenoxy) is 2. The second kappa shape index (κ2) is 3.48. The molecule has 0 saturated carbocycles. The van der Waals surface area contributed by atoms with E-state index >= 15 is 0 Å². The Labute approximate surface area is 66.4 Å². The molecule has 68 valence electrons. The third-order valence-corrected chi connectivity index (χ3v) is 1.27. The maximum atomic E-state index is 11.9. The van der Waals surface area contributed by atoms with Crippen LogP contribution in [0.25, 0.3) is 0 Å². The Morgan fingerprint density at radius 1 is 1.50 bits per heavy atom. The molecule has 1 heterocycles. The van der Waals surface area contributed by atoms with Crippen LogP contribution in [0.2, 0.25) is 0 Å². The molecule has 0 amide bonds. The van der Waals surface area contributed by atoms with Crippen LogP contribution >= 0.6 is 0 Å². The van der Waals surface area contributed by atoms with Gasteiger partial charge in [-0.05, 0) is 0 Å². The molecule has 1 atom stereocenters. The molecule has 0 aromatic heterocycles. The SMILES string of the molecule is O=C(O)C1OCCOC1=C(F)F. The molecule has 1 saturated heterocycles. The van der Waals surface area contributed by atoms with Gasteiger partial charge in [0, 0.05) is 0 Å². The number of hydrogen-bond acceptors (Lipinski definition) is 3. The monoisotopic (exact) mass is 180 g/mol. The Hall–Kier alpha value is -1.17. The van der Waals surface area contributed by atoms with Crippen molar-refractivity contribution in [2.24, 2.45) is 0 Å². The topological polar surface area (TPSA) is 55.8 Å². The Morgan fingerprint density at radius 3 is 2.58 bits per heavy atom. The van der Waals surface area contributed by atoms with E-state index in [1.165, 1.54) is 0 Å². The first-order valence-corrected chi connectivity index (χ1v) is 3.15. The predicted molar refractivity (Wildman–Crippen MR) is 32.6 cm³/mol. The minimum atomic E-state index is -2.15. The molecule has 1 fully saturated rings. The highest BCUT2D eigenvalue weighted by Gasteiger charge is 2.32. The summed E-state index contributed by atoms with van der Waals surface area (Å²) in [6.07, 6.45) is -3.81. The zero-order chi connectivity index (χ0) is 9.14. The van der Waals surface area contributed by atoms with Gasteiger partial charge in [-0.2, -0.15) is 8.78 Å². The normalized spacial score (nSPS) is 23.2. The van der Waals surface area contributed by atoms with Crippen LogP contribution in [-0.4, -0.2) is 30.4 Å². The Morgan fingerprint density at radius 2 is 2.17 bits per heavy atom. The fourth-order valence-corrected chi connectivity index (χ4v) is 0.806. The van der Waals surface area contributed by atoms with Crippen molar-refractivity contribution in [1.29, 1.82) is 0 Å². The van der Waals surface area contributed by atoms with E-state index in [9.17, 15) is 13.6 Å². The number of hydrogen-bond donors (Lipinski definition) is 1. The van der Waals surface area contributed by atoms with E-state index in [-0.39, 0.29) is 13.2 Å². The summed E-state index contributed by atoms with van der Waals surface area (Å²) >= 11 is 0. The third kappa shape index (κ3) is 1.70. The van der Waals surface area contributed by atoms with Crippen LogP contribution in [-0.2, 0) is 14.3 Å². The number of aliphatic carboxylic acids is 1. The molecule has 6 heteroatoms. The lowest BCUT2D eigenvalue weighted by molar-refractivity contribution is -0.156. The maximum Gasteiger partial charge on any atom is 0.341 e. The summed E-state index contributed by atoms with van der Waals surface area (Å²) in [5.74, 6) is -2.37. The number of rotatable bonds is 1. The Kier molecular flexibility index (Phi) is 2.59. The molecule has 0 aromatic rings. The molecule has 0 aromatic carbocycles. The molecular weight excluding hydrogens is 174 g/mol. The van der Waals surface area contributed by atoms with Crippen LogP contribution in [0.5, 0.6) is 0 Å². The van der Waals surface area contributed by atoms with E-state index in [0.717, 1.165) is 0 Å². The molecule has 4 nitrogen and oxygen atoms in total. The van der Waals surface area contributed by atoms with Crippen molar-refractivity contribution in [1.82, 2.24) is 0 Å². The molecule has 1 unspecified atom stereocenters. The highest BCUT2D eigenvalue weighted by Crippen LogP contribution is 2.20. The molecule has 0 bridgehead atoms. The first kappa shape index (κ1) is 8.92. The van der Waals surface area contributed by atoms with Gasteiger partial charge in [-0.15, -0.1) is 0 Å². The number of carboxylic acids is 1. The van der Waals surface area contributed by atoms with E-state index in [1.807, 2.05) is 0 Å². The van der Waals surface area contributed by atoms with Gasteiger partial charge in [0.15, 0.2) is 0 Å². The molecule has 12 heavy (non-hydrogen) atoms. The third-order valence-electron chi connectivity index (χ3n) is 1.27. The summed E-state index contributed by atoms with van der Waals surface area (Å²) in [4.78, 5) is 10.3. The highest BCUT2D eigenvalue weighted by atomic mass is 19.3. The standard InChI is InChI=1S/C6H6F2O4/c7-5(8)3-4(6(9)10)12-2-1-11-3/h4H,1-2H2,(H,9,10). The van der Waals surface area contributed by atoms with Crippen LogP contribution in [0.3, 0.4) is 0 Å². The van der Waals surface area contributed by atoms with Crippen molar-refractivity contribution < 1.29 is 28.2 Å². The summed E-state index contributed by atoms with van der Waals surface area (Å²) in [5.41, 5.74) is 0. The van der Waals surface area contributed by atoms with Gasteiger partial charge in [0.2, 0.25) is 11.9 Å². The fraction of sp³-hybridized carbons (Fsp3) is 0.500. The van der Waals surface area contributed by atoms with Crippen LogP contribution in [0.15, 0.2) is 11.8 Å². The quantitative estimate of drug-likeness (QED) is 0.641. The summed E-state index contributed by atoms with van der Waals surface area (Å²) in [6.45, 7) is -0.0375. The maximum absolute atomic E-state index is 11.9. The van der Waals surface area contributed by atoms with Crippen molar-refractivity contribution in [3.63, 3.8) is 0 Å². The van der Waals surface area contributed by atoms with Crippen LogP contribution in [0.1, 0.15) is 0 Å². The fourth-order valence-electron chi connectivity index (χ4n) is 0.806. The van der Waals surface area contributed by atoms with Crippen LogP contribution in [0, 0.1) is 0 Å². The summed E-state index contributed by atoms with van der Waals surface area (Å²) in [7, 11) is 0. The summed E-state index contributed by atoms with van der Waals surface area (Å²) in [5, 5.41) is 8.39. The molecule has 1 aliphatic rings. The Bertz CT molecular complexity index is 222. The molecular formula is C6H6F2O4. The van der Waals surface area contributed by atoms with Crippen molar-refractivity contribution in [3.05, 3.63) is 11.8 Å². The highest BCUT2D eigenvalue weighted by molar-refractivity contribution is 5.75. The van der Waals surface area contributed by atoms with E-state index < -0.39 is 23.9 Å². The van der Waals surface area contributed by atoms with Gasteiger partial charge in [-0.1, -0.05) is 0 Å². The average molecular weight is 180 g/mol. The molecule has 1 N–H and O–H groups in total. The Balaban J connectivity index is 2.82. The average Bonchev–Trinajstić information content (AvgIpc) is 2.04. The number of halogens is 2. The molecule has 1 rings (SSSR count). The molecule has 1 aliphatic heterocycles. The molecule has 0 spiro atoms. The predicted octanol–water partition coefficient (Wildman–Crippen LogP) is 0.595. The van der Waals surface area contributed by atoms with Crippen molar-refractivity contribution in [3.8, 4) is 0 Å². The van der Waals surface area contributed by atoms with Crippen LogP contribution in [0.4, 0.5) is 8.78 Å². The van der Waals surface area contributed by atoms with E-state index in [1.54, 1.807) is 0 Å². The van der Waals surface area contributed by atoms with Gasteiger partial charge in [0.1, 0.15) is 6.61 Å². The van der Waals surface area contributed by atoms with Crippen molar-refractivity contribution in [2.75, 3.05) is 13.2 Å². The number of carbonyl (C=O) groups is 1. The van der Waals surface area contributed by atoms with E-state index in [4.69, 9.17) is 5.11 Å². The van der Waals surface area contributed by atoms with Gasteiger partial charge in [-0.3, -0.25) is 0 Å². The molecule has 0 radical (unpaired) electrons. The first-order valence-electron chi connectivity index (χ1n) is 3.15. The second-order valence-electron chi connectivity index (χ2n) is 2.06. The van der Waals surface area contributed by atoms with Gasteiger partial charge >= 0.3 is 12.0 Å². The largest absolute Gasteiger partial charge is 0.487 e. The van der Waals surface area contributed by atoms with E-state index in [0.29, 0.717) is 0 Å².